The molecule has 0 aliphatic heterocycles. The zero-order chi connectivity index (χ0) is 54.5. The van der Waals surface area contributed by atoms with E-state index in [2.05, 4.69) is 325 Å². The summed E-state index contributed by atoms with van der Waals surface area (Å²) < 4.78 is 2.39. The minimum atomic E-state index is -0.288. The maximum absolute atomic E-state index is 2.47. The molecule has 0 amide bonds. The summed E-state index contributed by atoms with van der Waals surface area (Å²) in [6.45, 7) is 4.79. The topological polar surface area (TPSA) is 11.4 Å². The first kappa shape index (κ1) is 47.5. The van der Waals surface area contributed by atoms with Gasteiger partial charge in [-0.25, -0.2) is 0 Å². The summed E-state index contributed by atoms with van der Waals surface area (Å²) in [6.07, 6.45) is 0. The van der Waals surface area contributed by atoms with Crippen LogP contribution in [0, 0.1) is 0 Å². The van der Waals surface area contributed by atoms with Gasteiger partial charge >= 0.3 is 0 Å². The fraction of sp³-hybridized carbons (Fsp3) is 0.0380. The smallest absolute Gasteiger partial charge is 0.0541 e. The monoisotopic (exact) mass is 1050 g/mol. The molecule has 1 aliphatic carbocycles. The van der Waals surface area contributed by atoms with Crippen LogP contribution in [0.15, 0.2) is 297 Å². The number of fused-ring (bicyclic) bond motifs is 13. The van der Waals surface area contributed by atoms with Crippen LogP contribution >= 0.6 is 0 Å². The normalized spacial score (nSPS) is 12.6. The lowest BCUT2D eigenvalue weighted by Crippen LogP contribution is -2.17. The van der Waals surface area contributed by atoms with Gasteiger partial charge in [-0.05, 0) is 191 Å². The van der Waals surface area contributed by atoms with E-state index < -0.39 is 0 Å². The van der Waals surface area contributed by atoms with Gasteiger partial charge in [-0.15, -0.1) is 0 Å². The highest BCUT2D eigenvalue weighted by Gasteiger charge is 2.37. The predicted molar refractivity (Wildman–Crippen MR) is 349 cm³/mol. The number of para-hydroxylation sites is 4. The molecule has 386 valence electrons. The van der Waals surface area contributed by atoms with Crippen LogP contribution in [0.5, 0.6) is 0 Å². The number of anilines is 6. The quantitative estimate of drug-likeness (QED) is 0.134. The lowest BCUT2D eigenvalue weighted by atomic mass is 9.82. The minimum absolute atomic E-state index is 0.288. The first-order valence-electron chi connectivity index (χ1n) is 28.5. The number of benzene rings is 14. The third-order valence-electron chi connectivity index (χ3n) is 17.5. The molecule has 15 aromatic rings. The van der Waals surface area contributed by atoms with Crippen LogP contribution in [-0.4, -0.2) is 4.57 Å². The first-order chi connectivity index (χ1) is 40.4. The molecule has 3 nitrogen and oxygen atoms in total. The van der Waals surface area contributed by atoms with Crippen molar-refractivity contribution >= 4 is 99.0 Å². The Balaban J connectivity index is 0.816. The van der Waals surface area contributed by atoms with Crippen molar-refractivity contribution in [3.05, 3.63) is 308 Å². The van der Waals surface area contributed by atoms with E-state index in [9.17, 15) is 0 Å². The lowest BCUT2D eigenvalue weighted by molar-refractivity contribution is 0.660. The summed E-state index contributed by atoms with van der Waals surface area (Å²) in [5, 5.41) is 12.5. The van der Waals surface area contributed by atoms with Crippen molar-refractivity contribution in [1.29, 1.82) is 0 Å². The summed E-state index contributed by atoms with van der Waals surface area (Å²) in [4.78, 5) is 4.84. The summed E-state index contributed by atoms with van der Waals surface area (Å²) in [5.41, 5.74) is 20.0. The second-order valence-corrected chi connectivity index (χ2v) is 22.4. The van der Waals surface area contributed by atoms with Gasteiger partial charge in [-0.2, -0.15) is 0 Å². The van der Waals surface area contributed by atoms with Gasteiger partial charge in [0.15, 0.2) is 0 Å². The highest BCUT2D eigenvalue weighted by atomic mass is 15.1. The van der Waals surface area contributed by atoms with E-state index in [4.69, 9.17) is 0 Å². The average molecular weight is 1050 g/mol. The fourth-order valence-electron chi connectivity index (χ4n) is 13.7. The molecule has 0 spiro atoms. The molecule has 0 atom stereocenters. The van der Waals surface area contributed by atoms with Crippen LogP contribution in [0.2, 0.25) is 0 Å². The van der Waals surface area contributed by atoms with Gasteiger partial charge in [-0.1, -0.05) is 208 Å². The van der Waals surface area contributed by atoms with E-state index in [1.807, 2.05) is 0 Å². The third kappa shape index (κ3) is 7.51. The Kier molecular flexibility index (Phi) is 10.9. The molecule has 0 fully saturated rings. The van der Waals surface area contributed by atoms with Crippen molar-refractivity contribution in [1.82, 2.24) is 4.57 Å². The average Bonchev–Trinajstić information content (AvgIpc) is 4.21. The first-order valence-corrected chi connectivity index (χ1v) is 28.5. The standard InChI is InChI=1S/C79H55N3/c1-79(2)75-50-59(80(54-20-6-3-7-21-54)55-22-8-4-9-23-55)40-43-70(75)71-44-41-60(51-76(71)79)81(58-39-42-69-67-30-15-14-28-65(67)66-29-16-17-31-68(66)73(69)49-58)57-37-34-52(35-38-57)61-45-46-62(64-27-13-12-26-63(61)64)53-36-47-78-74(48-53)72-32-18-19-33-77(72)82(78)56-24-10-5-11-25-56/h3-51H,1-2H3. The number of nitrogens with zero attached hydrogens (tertiary/aromatic N) is 3. The van der Waals surface area contributed by atoms with Crippen molar-refractivity contribution in [2.24, 2.45) is 0 Å². The van der Waals surface area contributed by atoms with E-state index in [0.717, 1.165) is 39.8 Å². The number of hydrogen-bond acceptors (Lipinski definition) is 2. The Hall–Kier alpha value is -10.5. The summed E-state index contributed by atoms with van der Waals surface area (Å²) in [5.74, 6) is 0. The van der Waals surface area contributed by atoms with Crippen LogP contribution in [0.25, 0.3) is 104 Å². The molecule has 0 saturated heterocycles. The molecule has 1 aromatic heterocycles. The highest BCUT2D eigenvalue weighted by molar-refractivity contribution is 6.26. The van der Waals surface area contributed by atoms with Gasteiger partial charge in [0.1, 0.15) is 0 Å². The summed E-state index contributed by atoms with van der Waals surface area (Å²) in [7, 11) is 0. The number of rotatable bonds is 9. The molecule has 82 heavy (non-hydrogen) atoms. The molecular weight excluding hydrogens is 991 g/mol. The maximum atomic E-state index is 2.47. The molecule has 1 heterocycles. The second-order valence-electron chi connectivity index (χ2n) is 22.4. The molecule has 0 bridgehead atoms. The van der Waals surface area contributed by atoms with Crippen molar-refractivity contribution in [3.63, 3.8) is 0 Å². The van der Waals surface area contributed by atoms with E-state index in [-0.39, 0.29) is 5.41 Å². The van der Waals surface area contributed by atoms with Gasteiger partial charge in [-0.3, -0.25) is 0 Å². The molecule has 16 rings (SSSR count). The second kappa shape index (κ2) is 18.8. The van der Waals surface area contributed by atoms with Gasteiger partial charge < -0.3 is 14.4 Å². The van der Waals surface area contributed by atoms with E-state index in [1.54, 1.807) is 0 Å². The van der Waals surface area contributed by atoms with Crippen LogP contribution in [0.4, 0.5) is 34.1 Å². The number of aromatic nitrogens is 1. The SMILES string of the molecule is CC1(C)c2cc(N(c3ccccc3)c3ccccc3)ccc2-c2ccc(N(c3ccc(-c4ccc(-c5ccc6c(c5)c5ccccc5n6-c5ccccc5)c5ccccc45)cc3)c3ccc4c5ccccc5c5ccccc5c4c3)cc21. The Bertz CT molecular complexity index is 4920. The minimum Gasteiger partial charge on any atom is -0.310 e. The van der Waals surface area contributed by atoms with Crippen LogP contribution in [0.3, 0.4) is 0 Å². The van der Waals surface area contributed by atoms with Crippen molar-refractivity contribution in [2.75, 3.05) is 9.80 Å². The van der Waals surface area contributed by atoms with Gasteiger partial charge in [0.05, 0.1) is 11.0 Å². The third-order valence-corrected chi connectivity index (χ3v) is 17.5. The van der Waals surface area contributed by atoms with Crippen molar-refractivity contribution < 1.29 is 0 Å². The van der Waals surface area contributed by atoms with Gasteiger partial charge in [0, 0.05) is 56.0 Å². The van der Waals surface area contributed by atoms with E-state index in [1.165, 1.54) is 109 Å². The molecule has 3 heteroatoms. The number of hydrogen-bond donors (Lipinski definition) is 0. The highest BCUT2D eigenvalue weighted by Crippen LogP contribution is 2.53. The molecular formula is C79H55N3. The van der Waals surface area contributed by atoms with Gasteiger partial charge in [0.25, 0.3) is 0 Å². The van der Waals surface area contributed by atoms with E-state index in [0.29, 0.717) is 0 Å². The van der Waals surface area contributed by atoms with Crippen LogP contribution in [0.1, 0.15) is 25.0 Å². The fourth-order valence-corrected chi connectivity index (χ4v) is 13.7. The lowest BCUT2D eigenvalue weighted by Gasteiger charge is -2.29. The van der Waals surface area contributed by atoms with Crippen molar-refractivity contribution in [3.8, 4) is 39.1 Å². The summed E-state index contributed by atoms with van der Waals surface area (Å²) >= 11 is 0. The molecule has 14 aromatic carbocycles. The van der Waals surface area contributed by atoms with Crippen LogP contribution in [-0.2, 0) is 5.41 Å². The molecule has 0 saturated carbocycles. The predicted octanol–water partition coefficient (Wildman–Crippen LogP) is 22.0. The molecule has 1 aliphatic rings. The molecule has 0 N–H and O–H groups in total. The zero-order valence-corrected chi connectivity index (χ0v) is 45.6. The Labute approximate surface area is 477 Å². The largest absolute Gasteiger partial charge is 0.310 e. The Morgan fingerprint density at radius 3 is 1.20 bits per heavy atom. The molecule has 0 radical (unpaired) electrons. The van der Waals surface area contributed by atoms with E-state index >= 15 is 0 Å². The van der Waals surface area contributed by atoms with Gasteiger partial charge in [0.2, 0.25) is 0 Å². The Morgan fingerprint density at radius 2 is 0.622 bits per heavy atom. The van der Waals surface area contributed by atoms with Crippen molar-refractivity contribution in [2.45, 2.75) is 19.3 Å². The maximum Gasteiger partial charge on any atom is 0.0541 e. The zero-order valence-electron chi connectivity index (χ0n) is 45.6. The summed E-state index contributed by atoms with van der Waals surface area (Å²) in [6, 6.07) is 110. The van der Waals surface area contributed by atoms with Crippen LogP contribution < -0.4 is 9.80 Å². The molecule has 0 unspecified atom stereocenters. The Morgan fingerprint density at radius 1 is 0.244 bits per heavy atom.